The van der Waals surface area contributed by atoms with Crippen LogP contribution in [-0.4, -0.2) is 49.9 Å². The molecule has 0 spiro atoms. The summed E-state index contributed by atoms with van der Waals surface area (Å²) in [7, 11) is -3.87. The largest absolute Gasteiger partial charge is 0.350 e. The molecule has 0 saturated carbocycles. The fraction of sp³-hybridized carbons (Fsp3) is 0.600. The molecule has 3 N–H and O–H groups in total. The zero-order valence-corrected chi connectivity index (χ0v) is 14.4. The lowest BCUT2D eigenvalue weighted by Gasteiger charge is -2.24. The van der Waals surface area contributed by atoms with Gasteiger partial charge >= 0.3 is 0 Å². The first-order chi connectivity index (χ1) is 10.8. The van der Waals surface area contributed by atoms with Crippen LogP contribution in [-0.2, 0) is 10.0 Å². The molecule has 2 heterocycles. The van der Waals surface area contributed by atoms with Crippen molar-refractivity contribution >= 4 is 15.9 Å². The second-order valence-electron chi connectivity index (χ2n) is 5.89. The minimum absolute atomic E-state index is 0.151. The molecule has 128 valence electrons. The molecule has 1 atom stereocenters. The summed E-state index contributed by atoms with van der Waals surface area (Å²) in [6, 6.07) is 1.62. The molecule has 0 aliphatic carbocycles. The first-order valence-electron chi connectivity index (χ1n) is 7.84. The van der Waals surface area contributed by atoms with Crippen LogP contribution in [0.15, 0.2) is 17.2 Å². The molecule has 0 unspecified atom stereocenters. The Morgan fingerprint density at radius 1 is 1.52 bits per heavy atom. The van der Waals surface area contributed by atoms with Gasteiger partial charge in [0.25, 0.3) is 5.91 Å². The van der Waals surface area contributed by atoms with Crippen molar-refractivity contribution in [3.05, 3.63) is 23.5 Å². The van der Waals surface area contributed by atoms with Gasteiger partial charge in [-0.25, -0.2) is 13.6 Å². The molecule has 1 fully saturated rings. The first-order valence-corrected chi connectivity index (χ1v) is 9.39. The van der Waals surface area contributed by atoms with E-state index in [1.165, 1.54) is 12.3 Å². The Morgan fingerprint density at radius 2 is 2.26 bits per heavy atom. The summed E-state index contributed by atoms with van der Waals surface area (Å²) in [4.78, 5) is 18.6. The van der Waals surface area contributed by atoms with Crippen molar-refractivity contribution in [3.63, 3.8) is 0 Å². The highest BCUT2D eigenvalue weighted by Crippen LogP contribution is 2.17. The van der Waals surface area contributed by atoms with Crippen LogP contribution in [0, 0.1) is 6.92 Å². The number of hydrogen-bond donors (Lipinski definition) is 2. The monoisotopic (exact) mass is 340 g/mol. The Hall–Kier alpha value is -1.51. The van der Waals surface area contributed by atoms with Gasteiger partial charge < -0.3 is 5.32 Å². The maximum absolute atomic E-state index is 12.4. The van der Waals surface area contributed by atoms with E-state index in [2.05, 4.69) is 22.1 Å². The van der Waals surface area contributed by atoms with E-state index in [9.17, 15) is 13.2 Å². The van der Waals surface area contributed by atoms with Crippen LogP contribution in [0.25, 0.3) is 0 Å². The lowest BCUT2D eigenvalue weighted by molar-refractivity contribution is 0.0939. The van der Waals surface area contributed by atoms with Gasteiger partial charge in [0, 0.05) is 18.8 Å². The first kappa shape index (κ1) is 17.8. The number of carbonyl (C=O) groups is 1. The van der Waals surface area contributed by atoms with E-state index in [-0.39, 0.29) is 16.4 Å². The Morgan fingerprint density at radius 3 is 2.91 bits per heavy atom. The maximum Gasteiger partial charge on any atom is 0.253 e. The van der Waals surface area contributed by atoms with Gasteiger partial charge in [-0.2, -0.15) is 0 Å². The molecule has 1 aliphatic heterocycles. The summed E-state index contributed by atoms with van der Waals surface area (Å²) >= 11 is 0. The van der Waals surface area contributed by atoms with E-state index in [1.807, 2.05) is 0 Å². The number of nitrogens with zero attached hydrogens (tertiary/aromatic N) is 2. The molecule has 0 radical (unpaired) electrons. The van der Waals surface area contributed by atoms with Crippen LogP contribution in [0.2, 0.25) is 0 Å². The van der Waals surface area contributed by atoms with Crippen molar-refractivity contribution in [2.75, 3.05) is 19.6 Å². The Kier molecular flexibility index (Phi) is 5.72. The lowest BCUT2D eigenvalue weighted by atomic mass is 10.1. The summed E-state index contributed by atoms with van der Waals surface area (Å²) < 4.78 is 22.8. The summed E-state index contributed by atoms with van der Waals surface area (Å²) in [5.41, 5.74) is 0.725. The minimum Gasteiger partial charge on any atom is -0.350 e. The lowest BCUT2D eigenvalue weighted by Crippen LogP contribution is -2.40. The van der Waals surface area contributed by atoms with Gasteiger partial charge in [0.15, 0.2) is 0 Å². The van der Waals surface area contributed by atoms with Gasteiger partial charge in [0.05, 0.1) is 11.3 Å². The Bertz CT molecular complexity index is 675. The zero-order valence-electron chi connectivity index (χ0n) is 13.6. The van der Waals surface area contributed by atoms with E-state index in [0.717, 1.165) is 32.4 Å². The van der Waals surface area contributed by atoms with Gasteiger partial charge in [-0.1, -0.05) is 6.92 Å². The standard InChI is InChI=1S/C15H24N4O3S/c1-3-6-19-7-4-5-12(19)9-18-15(20)14-8-13(23(16,21)22)10-17-11(14)2/h8,10,12H,3-7,9H2,1-2H3,(H,18,20)(H2,16,21,22)/t12-/m0/s1. The van der Waals surface area contributed by atoms with Gasteiger partial charge in [0.2, 0.25) is 10.0 Å². The van der Waals surface area contributed by atoms with Crippen LogP contribution < -0.4 is 10.5 Å². The smallest absolute Gasteiger partial charge is 0.253 e. The van der Waals surface area contributed by atoms with Gasteiger partial charge in [-0.3, -0.25) is 14.7 Å². The van der Waals surface area contributed by atoms with E-state index in [4.69, 9.17) is 5.14 Å². The number of primary sulfonamides is 1. The molecule has 1 aliphatic rings. The van der Waals surface area contributed by atoms with Crippen molar-refractivity contribution < 1.29 is 13.2 Å². The molecule has 1 aromatic heterocycles. The number of aryl methyl sites for hydroxylation is 1. The third kappa shape index (κ3) is 4.49. The number of nitrogens with one attached hydrogen (secondary N) is 1. The second kappa shape index (κ2) is 7.37. The number of sulfonamides is 1. The van der Waals surface area contributed by atoms with Crippen LogP contribution in [0.5, 0.6) is 0 Å². The van der Waals surface area contributed by atoms with Gasteiger partial charge in [-0.05, 0) is 45.3 Å². The van der Waals surface area contributed by atoms with E-state index in [1.54, 1.807) is 6.92 Å². The number of amides is 1. The average Bonchev–Trinajstić information content (AvgIpc) is 2.92. The summed E-state index contributed by atoms with van der Waals surface area (Å²) in [5, 5.41) is 7.99. The van der Waals surface area contributed by atoms with Gasteiger partial charge in [0.1, 0.15) is 4.90 Å². The molecule has 2 rings (SSSR count). The molecular weight excluding hydrogens is 316 g/mol. The van der Waals surface area contributed by atoms with Crippen LogP contribution in [0.4, 0.5) is 0 Å². The number of hydrogen-bond acceptors (Lipinski definition) is 5. The van der Waals surface area contributed by atoms with Crippen molar-refractivity contribution in [2.45, 2.75) is 44.0 Å². The third-order valence-electron chi connectivity index (χ3n) is 4.14. The minimum atomic E-state index is -3.87. The number of likely N-dealkylation sites (tertiary alicyclic amines) is 1. The highest BCUT2D eigenvalue weighted by Gasteiger charge is 2.24. The van der Waals surface area contributed by atoms with Crippen LogP contribution in [0.1, 0.15) is 42.2 Å². The van der Waals surface area contributed by atoms with E-state index < -0.39 is 10.0 Å². The third-order valence-corrected chi connectivity index (χ3v) is 5.02. The number of aromatic nitrogens is 1. The molecule has 1 amide bonds. The zero-order chi connectivity index (χ0) is 17.0. The van der Waals surface area contributed by atoms with Crippen molar-refractivity contribution in [2.24, 2.45) is 5.14 Å². The topological polar surface area (TPSA) is 105 Å². The Balaban J connectivity index is 2.06. The fourth-order valence-corrected chi connectivity index (χ4v) is 3.39. The quantitative estimate of drug-likeness (QED) is 0.790. The molecule has 1 aromatic rings. The molecule has 23 heavy (non-hydrogen) atoms. The predicted octanol–water partition coefficient (Wildman–Crippen LogP) is 0.642. The van der Waals surface area contributed by atoms with Gasteiger partial charge in [-0.15, -0.1) is 0 Å². The molecule has 1 saturated heterocycles. The van der Waals surface area contributed by atoms with Crippen molar-refractivity contribution in [3.8, 4) is 0 Å². The maximum atomic E-state index is 12.4. The molecule has 0 aromatic carbocycles. The highest BCUT2D eigenvalue weighted by molar-refractivity contribution is 7.89. The fourth-order valence-electron chi connectivity index (χ4n) is 2.91. The second-order valence-corrected chi connectivity index (χ2v) is 7.45. The average molecular weight is 340 g/mol. The normalized spacial score (nSPS) is 19.0. The Labute approximate surface area is 137 Å². The number of carbonyl (C=O) groups excluding carboxylic acids is 1. The predicted molar refractivity (Wildman–Crippen MR) is 87.6 cm³/mol. The van der Waals surface area contributed by atoms with Crippen LogP contribution in [0.3, 0.4) is 0 Å². The van der Waals surface area contributed by atoms with Crippen molar-refractivity contribution in [1.82, 2.24) is 15.2 Å². The van der Waals surface area contributed by atoms with Crippen LogP contribution >= 0.6 is 0 Å². The molecule has 7 nitrogen and oxygen atoms in total. The number of nitrogens with two attached hydrogens (primary N) is 1. The van der Waals surface area contributed by atoms with E-state index >= 15 is 0 Å². The summed E-state index contributed by atoms with van der Waals surface area (Å²) in [6.07, 6.45) is 4.46. The summed E-state index contributed by atoms with van der Waals surface area (Å²) in [6.45, 7) is 6.46. The molecule has 0 bridgehead atoms. The molecular formula is C15H24N4O3S. The number of pyridine rings is 1. The number of rotatable bonds is 6. The highest BCUT2D eigenvalue weighted by atomic mass is 32.2. The summed E-state index contributed by atoms with van der Waals surface area (Å²) in [5.74, 6) is -0.316. The SMILES string of the molecule is CCCN1CCC[C@H]1CNC(=O)c1cc(S(N)(=O)=O)cnc1C. The van der Waals surface area contributed by atoms with E-state index in [0.29, 0.717) is 18.3 Å². The van der Waals surface area contributed by atoms with Crippen molar-refractivity contribution in [1.29, 1.82) is 0 Å². The molecule has 8 heteroatoms.